The molecule has 3 aliphatic rings. The first-order chi connectivity index (χ1) is 9.68. The summed E-state index contributed by atoms with van der Waals surface area (Å²) in [6, 6.07) is 0. The number of aromatic nitrogens is 2. The molecule has 0 spiro atoms. The van der Waals surface area contributed by atoms with Gasteiger partial charge in [0.05, 0.1) is 5.60 Å². The predicted molar refractivity (Wildman–Crippen MR) is 77.7 cm³/mol. The van der Waals surface area contributed by atoms with Crippen LogP contribution in [0.1, 0.15) is 43.9 Å². The van der Waals surface area contributed by atoms with Crippen LogP contribution in [0.15, 0.2) is 6.33 Å². The van der Waals surface area contributed by atoms with Crippen molar-refractivity contribution >= 4 is 5.82 Å². The number of aryl methyl sites for hydroxylation is 1. The van der Waals surface area contributed by atoms with Gasteiger partial charge < -0.3 is 10.0 Å². The Morgan fingerprint density at radius 1 is 1.25 bits per heavy atom. The standard InChI is InChI=1S/C16H23N3O/c1-11-8-19(9-16(11,20)12-4-2-5-12)15-13-6-3-7-14(13)17-10-18-15/h10-12,20H,2-9H2,1H3/t11-,16+/m1/s1. The zero-order valence-electron chi connectivity index (χ0n) is 12.2. The zero-order valence-corrected chi connectivity index (χ0v) is 12.2. The summed E-state index contributed by atoms with van der Waals surface area (Å²) >= 11 is 0. The van der Waals surface area contributed by atoms with Gasteiger partial charge in [-0.05, 0) is 38.0 Å². The quantitative estimate of drug-likeness (QED) is 0.895. The van der Waals surface area contributed by atoms with Crippen LogP contribution in [0, 0.1) is 11.8 Å². The Labute approximate surface area is 120 Å². The van der Waals surface area contributed by atoms with E-state index < -0.39 is 5.60 Å². The first kappa shape index (κ1) is 12.6. The number of rotatable bonds is 2. The zero-order chi connectivity index (χ0) is 13.7. The van der Waals surface area contributed by atoms with E-state index in [1.165, 1.54) is 36.9 Å². The van der Waals surface area contributed by atoms with E-state index in [0.29, 0.717) is 11.8 Å². The van der Waals surface area contributed by atoms with Crippen molar-refractivity contribution < 1.29 is 5.11 Å². The Kier molecular flexibility index (Phi) is 2.78. The molecule has 2 heterocycles. The SMILES string of the molecule is C[C@@H]1CN(c2ncnc3c2CCC3)C[C@@]1(O)C1CCC1. The highest BCUT2D eigenvalue weighted by Gasteiger charge is 2.50. The molecule has 108 valence electrons. The van der Waals surface area contributed by atoms with Crippen molar-refractivity contribution in [1.82, 2.24) is 9.97 Å². The van der Waals surface area contributed by atoms with Crippen LogP contribution < -0.4 is 4.90 Å². The van der Waals surface area contributed by atoms with E-state index >= 15 is 0 Å². The Hall–Kier alpha value is -1.16. The minimum absolute atomic E-state index is 0.333. The molecule has 1 N–H and O–H groups in total. The van der Waals surface area contributed by atoms with Gasteiger partial charge in [0.2, 0.25) is 0 Å². The first-order valence-electron chi connectivity index (χ1n) is 7.98. The van der Waals surface area contributed by atoms with E-state index in [1.54, 1.807) is 6.33 Å². The molecule has 4 nitrogen and oxygen atoms in total. The van der Waals surface area contributed by atoms with Crippen LogP contribution in [0.3, 0.4) is 0 Å². The van der Waals surface area contributed by atoms with Gasteiger partial charge in [-0.3, -0.25) is 0 Å². The van der Waals surface area contributed by atoms with E-state index in [2.05, 4.69) is 21.8 Å². The van der Waals surface area contributed by atoms with E-state index in [-0.39, 0.29) is 0 Å². The molecule has 1 aliphatic heterocycles. The van der Waals surface area contributed by atoms with Crippen LogP contribution in [0.25, 0.3) is 0 Å². The van der Waals surface area contributed by atoms with Gasteiger partial charge in [-0.15, -0.1) is 0 Å². The van der Waals surface area contributed by atoms with E-state index in [9.17, 15) is 5.11 Å². The van der Waals surface area contributed by atoms with Gasteiger partial charge in [-0.2, -0.15) is 0 Å². The molecule has 4 heteroatoms. The maximum Gasteiger partial charge on any atom is 0.135 e. The summed E-state index contributed by atoms with van der Waals surface area (Å²) in [6.07, 6.45) is 8.73. The molecule has 1 saturated carbocycles. The van der Waals surface area contributed by atoms with Crippen molar-refractivity contribution in [2.75, 3.05) is 18.0 Å². The van der Waals surface area contributed by atoms with Crippen molar-refractivity contribution in [3.63, 3.8) is 0 Å². The lowest BCUT2D eigenvalue weighted by atomic mass is 9.69. The van der Waals surface area contributed by atoms with Crippen molar-refractivity contribution in [2.45, 2.75) is 51.0 Å². The molecule has 4 rings (SSSR count). The minimum atomic E-state index is -0.505. The fourth-order valence-electron chi connectivity index (χ4n) is 4.23. The third kappa shape index (κ3) is 1.70. The maximum atomic E-state index is 11.1. The summed E-state index contributed by atoms with van der Waals surface area (Å²) in [5.74, 6) is 1.92. The molecule has 0 amide bonds. The smallest absolute Gasteiger partial charge is 0.135 e. The van der Waals surface area contributed by atoms with Crippen molar-refractivity contribution in [2.24, 2.45) is 11.8 Å². The van der Waals surface area contributed by atoms with Crippen molar-refractivity contribution in [3.8, 4) is 0 Å². The predicted octanol–water partition coefficient (Wildman–Crippen LogP) is 1.95. The normalized spacial score (nSPS) is 33.3. The molecule has 0 aromatic carbocycles. The molecule has 1 aromatic rings. The van der Waals surface area contributed by atoms with Crippen LogP contribution >= 0.6 is 0 Å². The Morgan fingerprint density at radius 3 is 2.85 bits per heavy atom. The number of fused-ring (bicyclic) bond motifs is 1. The lowest BCUT2D eigenvalue weighted by molar-refractivity contribution is -0.0615. The van der Waals surface area contributed by atoms with Gasteiger partial charge in [0.15, 0.2) is 0 Å². The summed E-state index contributed by atoms with van der Waals surface area (Å²) in [5.41, 5.74) is 2.05. The maximum absolute atomic E-state index is 11.1. The number of aliphatic hydroxyl groups is 1. The second-order valence-corrected chi connectivity index (χ2v) is 6.88. The highest BCUT2D eigenvalue weighted by molar-refractivity contribution is 5.52. The topological polar surface area (TPSA) is 49.2 Å². The second kappa shape index (κ2) is 4.42. The monoisotopic (exact) mass is 273 g/mol. The molecule has 20 heavy (non-hydrogen) atoms. The number of hydrogen-bond donors (Lipinski definition) is 1. The average molecular weight is 273 g/mol. The van der Waals surface area contributed by atoms with Crippen LogP contribution in [-0.4, -0.2) is 33.8 Å². The van der Waals surface area contributed by atoms with Gasteiger partial charge in [-0.25, -0.2) is 9.97 Å². The Morgan fingerprint density at radius 2 is 2.10 bits per heavy atom. The molecule has 1 saturated heterocycles. The lowest BCUT2D eigenvalue weighted by Crippen LogP contribution is -2.47. The van der Waals surface area contributed by atoms with Crippen molar-refractivity contribution in [3.05, 3.63) is 17.6 Å². The minimum Gasteiger partial charge on any atom is -0.387 e. The first-order valence-corrected chi connectivity index (χ1v) is 7.98. The van der Waals surface area contributed by atoms with Gasteiger partial charge in [0.25, 0.3) is 0 Å². The Balaban J connectivity index is 1.63. The summed E-state index contributed by atoms with van der Waals surface area (Å²) in [6.45, 7) is 3.87. The summed E-state index contributed by atoms with van der Waals surface area (Å²) < 4.78 is 0. The molecule has 2 fully saturated rings. The summed E-state index contributed by atoms with van der Waals surface area (Å²) in [5, 5.41) is 11.1. The van der Waals surface area contributed by atoms with E-state index in [0.717, 1.165) is 31.7 Å². The lowest BCUT2D eigenvalue weighted by Gasteiger charge is -2.41. The third-order valence-corrected chi connectivity index (χ3v) is 5.76. The van der Waals surface area contributed by atoms with Crippen LogP contribution in [0.5, 0.6) is 0 Å². The summed E-state index contributed by atoms with van der Waals surface area (Å²) in [7, 11) is 0. The molecule has 0 unspecified atom stereocenters. The summed E-state index contributed by atoms with van der Waals surface area (Å²) in [4.78, 5) is 11.3. The van der Waals surface area contributed by atoms with Crippen molar-refractivity contribution in [1.29, 1.82) is 0 Å². The van der Waals surface area contributed by atoms with Gasteiger partial charge in [0.1, 0.15) is 12.1 Å². The molecule has 0 bridgehead atoms. The molecule has 0 radical (unpaired) electrons. The van der Waals surface area contributed by atoms with E-state index in [4.69, 9.17) is 0 Å². The van der Waals surface area contributed by atoms with Crippen LogP contribution in [-0.2, 0) is 12.8 Å². The van der Waals surface area contributed by atoms with Crippen LogP contribution in [0.2, 0.25) is 0 Å². The largest absolute Gasteiger partial charge is 0.387 e. The second-order valence-electron chi connectivity index (χ2n) is 6.88. The van der Waals surface area contributed by atoms with Gasteiger partial charge in [-0.1, -0.05) is 13.3 Å². The molecular weight excluding hydrogens is 250 g/mol. The molecular formula is C16H23N3O. The highest BCUT2D eigenvalue weighted by Crippen LogP contribution is 2.45. The number of anilines is 1. The van der Waals surface area contributed by atoms with Gasteiger partial charge >= 0.3 is 0 Å². The number of nitrogens with zero attached hydrogens (tertiary/aromatic N) is 3. The number of hydrogen-bond acceptors (Lipinski definition) is 4. The molecule has 2 aliphatic carbocycles. The Bertz CT molecular complexity index is 528. The van der Waals surface area contributed by atoms with E-state index in [1.807, 2.05) is 0 Å². The third-order valence-electron chi connectivity index (χ3n) is 5.76. The average Bonchev–Trinajstić information content (AvgIpc) is 2.92. The fourth-order valence-corrected chi connectivity index (χ4v) is 4.23. The van der Waals surface area contributed by atoms with Crippen LogP contribution in [0.4, 0.5) is 5.82 Å². The van der Waals surface area contributed by atoms with Gasteiger partial charge in [0, 0.05) is 30.3 Å². The number of β-amino-alcohol motifs (C(OH)–C–C–N with tert-alkyl or cyclic N) is 1. The molecule has 1 aromatic heterocycles. The molecule has 2 atom stereocenters. The highest BCUT2D eigenvalue weighted by atomic mass is 16.3. The fraction of sp³-hybridized carbons (Fsp3) is 0.750.